The molecule has 1 heterocycles. The normalized spacial score (nSPS) is 10.8. The molecule has 0 aliphatic heterocycles. The number of methoxy groups -OCH3 is 1. The SMILES string of the molecule is COc1ccc2[nH]c(=O)c(CNCCc3ccccc3)cc2c1. The maximum Gasteiger partial charge on any atom is 0.252 e. The first-order chi connectivity index (χ1) is 11.3. The number of fused-ring (bicyclic) bond motifs is 1. The zero-order valence-corrected chi connectivity index (χ0v) is 13.1. The van der Waals surface area contributed by atoms with Crippen LogP contribution >= 0.6 is 0 Å². The van der Waals surface area contributed by atoms with Crippen LogP contribution in [0.3, 0.4) is 0 Å². The van der Waals surface area contributed by atoms with Gasteiger partial charge in [0, 0.05) is 23.0 Å². The molecule has 4 heteroatoms. The molecule has 0 unspecified atom stereocenters. The van der Waals surface area contributed by atoms with Crippen molar-refractivity contribution in [2.24, 2.45) is 0 Å². The van der Waals surface area contributed by atoms with Gasteiger partial charge in [-0.25, -0.2) is 0 Å². The summed E-state index contributed by atoms with van der Waals surface area (Å²) in [6.45, 7) is 1.38. The van der Waals surface area contributed by atoms with Gasteiger partial charge in [0.15, 0.2) is 0 Å². The highest BCUT2D eigenvalue weighted by molar-refractivity contribution is 5.80. The van der Waals surface area contributed by atoms with Gasteiger partial charge in [0.05, 0.1) is 7.11 Å². The standard InChI is InChI=1S/C19H20N2O2/c1-23-17-7-8-18-15(12-17)11-16(19(22)21-18)13-20-10-9-14-5-3-2-4-6-14/h2-8,11-12,20H,9-10,13H2,1H3,(H,21,22). The summed E-state index contributed by atoms with van der Waals surface area (Å²) in [6, 6.07) is 17.9. The number of nitrogens with one attached hydrogen (secondary N) is 2. The Balaban J connectivity index is 1.67. The van der Waals surface area contributed by atoms with Gasteiger partial charge in [0.2, 0.25) is 0 Å². The maximum atomic E-state index is 12.1. The van der Waals surface area contributed by atoms with Crippen molar-refractivity contribution in [2.45, 2.75) is 13.0 Å². The molecule has 0 spiro atoms. The average Bonchev–Trinajstić information content (AvgIpc) is 2.59. The van der Waals surface area contributed by atoms with Crippen molar-refractivity contribution in [2.75, 3.05) is 13.7 Å². The zero-order chi connectivity index (χ0) is 16.1. The van der Waals surface area contributed by atoms with Gasteiger partial charge in [-0.15, -0.1) is 0 Å². The third-order valence-corrected chi connectivity index (χ3v) is 3.88. The van der Waals surface area contributed by atoms with E-state index in [1.807, 2.05) is 42.5 Å². The Hall–Kier alpha value is -2.59. The Bertz CT molecular complexity index is 841. The van der Waals surface area contributed by atoms with E-state index in [1.54, 1.807) is 7.11 Å². The van der Waals surface area contributed by atoms with Gasteiger partial charge >= 0.3 is 0 Å². The van der Waals surface area contributed by atoms with E-state index in [0.29, 0.717) is 6.54 Å². The van der Waals surface area contributed by atoms with Crippen LogP contribution in [0.25, 0.3) is 10.9 Å². The van der Waals surface area contributed by atoms with Gasteiger partial charge in [0.1, 0.15) is 5.75 Å². The Morgan fingerprint density at radius 2 is 1.91 bits per heavy atom. The fourth-order valence-electron chi connectivity index (χ4n) is 2.59. The Kier molecular flexibility index (Phi) is 4.74. The zero-order valence-electron chi connectivity index (χ0n) is 13.1. The van der Waals surface area contributed by atoms with E-state index < -0.39 is 0 Å². The van der Waals surface area contributed by atoms with Gasteiger partial charge in [-0.3, -0.25) is 4.79 Å². The van der Waals surface area contributed by atoms with E-state index in [2.05, 4.69) is 22.4 Å². The second-order valence-electron chi connectivity index (χ2n) is 5.49. The molecule has 0 aliphatic rings. The molecule has 0 amide bonds. The molecular formula is C19H20N2O2. The second kappa shape index (κ2) is 7.11. The summed E-state index contributed by atoms with van der Waals surface area (Å²) in [5, 5.41) is 4.31. The predicted octanol–water partition coefficient (Wildman–Crippen LogP) is 2.87. The number of aromatic nitrogens is 1. The molecule has 2 aromatic carbocycles. The van der Waals surface area contributed by atoms with E-state index in [9.17, 15) is 4.79 Å². The molecule has 0 radical (unpaired) electrons. The number of benzene rings is 2. The monoisotopic (exact) mass is 308 g/mol. The lowest BCUT2D eigenvalue weighted by Crippen LogP contribution is -2.22. The molecule has 4 nitrogen and oxygen atoms in total. The van der Waals surface area contributed by atoms with E-state index in [1.165, 1.54) is 5.56 Å². The third-order valence-electron chi connectivity index (χ3n) is 3.88. The first kappa shape index (κ1) is 15.3. The van der Waals surface area contributed by atoms with Crippen LogP contribution in [0, 0.1) is 0 Å². The topological polar surface area (TPSA) is 54.1 Å². The molecule has 3 aromatic rings. The predicted molar refractivity (Wildman–Crippen MR) is 93.0 cm³/mol. The van der Waals surface area contributed by atoms with Crippen LogP contribution < -0.4 is 15.6 Å². The van der Waals surface area contributed by atoms with Crippen LogP contribution in [0.1, 0.15) is 11.1 Å². The van der Waals surface area contributed by atoms with Crippen molar-refractivity contribution < 1.29 is 4.74 Å². The summed E-state index contributed by atoms with van der Waals surface area (Å²) < 4.78 is 5.23. The molecule has 1 aromatic heterocycles. The summed E-state index contributed by atoms with van der Waals surface area (Å²) in [5.41, 5.74) is 2.80. The number of hydrogen-bond acceptors (Lipinski definition) is 3. The second-order valence-corrected chi connectivity index (χ2v) is 5.49. The minimum Gasteiger partial charge on any atom is -0.497 e. The first-order valence-corrected chi connectivity index (χ1v) is 7.71. The van der Waals surface area contributed by atoms with Crippen molar-refractivity contribution in [3.8, 4) is 5.75 Å². The molecule has 0 saturated heterocycles. The van der Waals surface area contributed by atoms with Crippen LogP contribution in [-0.4, -0.2) is 18.6 Å². The van der Waals surface area contributed by atoms with Gasteiger partial charge in [0.25, 0.3) is 5.56 Å². The third kappa shape index (κ3) is 3.79. The Labute approximate surface area is 135 Å². The number of aromatic amines is 1. The number of hydrogen-bond donors (Lipinski definition) is 2. The molecule has 2 N–H and O–H groups in total. The van der Waals surface area contributed by atoms with Crippen molar-refractivity contribution in [1.29, 1.82) is 0 Å². The highest BCUT2D eigenvalue weighted by atomic mass is 16.5. The van der Waals surface area contributed by atoms with Gasteiger partial charge in [-0.1, -0.05) is 30.3 Å². The summed E-state index contributed by atoms with van der Waals surface area (Å²) in [6.07, 6.45) is 0.945. The van der Waals surface area contributed by atoms with Crippen LogP contribution in [0.5, 0.6) is 5.75 Å². The van der Waals surface area contributed by atoms with E-state index in [4.69, 9.17) is 4.74 Å². The molecular weight excluding hydrogens is 288 g/mol. The van der Waals surface area contributed by atoms with Gasteiger partial charge in [-0.2, -0.15) is 0 Å². The minimum absolute atomic E-state index is 0.0464. The molecule has 0 atom stereocenters. The largest absolute Gasteiger partial charge is 0.497 e. The van der Waals surface area contributed by atoms with Gasteiger partial charge in [-0.05, 0) is 42.8 Å². The van der Waals surface area contributed by atoms with E-state index in [-0.39, 0.29) is 5.56 Å². The number of ether oxygens (including phenoxy) is 1. The molecule has 0 saturated carbocycles. The van der Waals surface area contributed by atoms with Crippen LogP contribution in [0.4, 0.5) is 0 Å². The highest BCUT2D eigenvalue weighted by Gasteiger charge is 2.04. The van der Waals surface area contributed by atoms with Crippen LogP contribution in [-0.2, 0) is 13.0 Å². The Morgan fingerprint density at radius 3 is 2.70 bits per heavy atom. The number of pyridine rings is 1. The van der Waals surface area contributed by atoms with Crippen molar-refractivity contribution in [3.05, 3.63) is 76.1 Å². The van der Waals surface area contributed by atoms with Crippen LogP contribution in [0.2, 0.25) is 0 Å². The van der Waals surface area contributed by atoms with Crippen molar-refractivity contribution in [3.63, 3.8) is 0 Å². The molecule has 23 heavy (non-hydrogen) atoms. The lowest BCUT2D eigenvalue weighted by molar-refractivity contribution is 0.415. The van der Waals surface area contributed by atoms with Crippen molar-refractivity contribution >= 4 is 10.9 Å². The molecule has 3 rings (SSSR count). The first-order valence-electron chi connectivity index (χ1n) is 7.71. The van der Waals surface area contributed by atoms with Crippen molar-refractivity contribution in [1.82, 2.24) is 10.3 Å². The fourth-order valence-corrected chi connectivity index (χ4v) is 2.59. The lowest BCUT2D eigenvalue weighted by Gasteiger charge is -2.07. The summed E-state index contributed by atoms with van der Waals surface area (Å²) >= 11 is 0. The quantitative estimate of drug-likeness (QED) is 0.689. The molecule has 0 fully saturated rings. The Morgan fingerprint density at radius 1 is 1.09 bits per heavy atom. The number of H-pyrrole nitrogens is 1. The molecule has 0 aliphatic carbocycles. The summed E-state index contributed by atoms with van der Waals surface area (Å²) in [4.78, 5) is 15.0. The van der Waals surface area contributed by atoms with Crippen LogP contribution in [0.15, 0.2) is 59.4 Å². The number of rotatable bonds is 6. The van der Waals surface area contributed by atoms with E-state index in [0.717, 1.165) is 35.2 Å². The molecule has 118 valence electrons. The maximum absolute atomic E-state index is 12.1. The fraction of sp³-hybridized carbons (Fsp3) is 0.211. The van der Waals surface area contributed by atoms with Gasteiger partial charge < -0.3 is 15.0 Å². The summed E-state index contributed by atoms with van der Waals surface area (Å²) in [7, 11) is 1.64. The highest BCUT2D eigenvalue weighted by Crippen LogP contribution is 2.18. The lowest BCUT2D eigenvalue weighted by atomic mass is 10.1. The summed E-state index contributed by atoms with van der Waals surface area (Å²) in [5.74, 6) is 0.785. The van der Waals surface area contributed by atoms with E-state index >= 15 is 0 Å². The minimum atomic E-state index is -0.0464. The molecule has 0 bridgehead atoms. The smallest absolute Gasteiger partial charge is 0.252 e. The average molecular weight is 308 g/mol.